The zero-order chi connectivity index (χ0) is 16.2. The topological polar surface area (TPSA) is 42.0 Å². The zero-order valence-electron chi connectivity index (χ0n) is 12.5. The molecule has 3 aromatic rings. The molecular formula is C18H15FN2OS. The number of aryl methyl sites for hydroxylation is 1. The Kier molecular flexibility index (Phi) is 4.48. The molecule has 1 amide bonds. The van der Waals surface area contributed by atoms with Crippen LogP contribution in [0.25, 0.3) is 11.3 Å². The fourth-order valence-electron chi connectivity index (χ4n) is 2.18. The normalized spacial score (nSPS) is 10.5. The first-order valence-corrected chi connectivity index (χ1v) is 8.16. The quantitative estimate of drug-likeness (QED) is 0.751. The van der Waals surface area contributed by atoms with Crippen LogP contribution in [-0.2, 0) is 6.42 Å². The fourth-order valence-corrected chi connectivity index (χ4v) is 2.90. The first-order valence-electron chi connectivity index (χ1n) is 7.28. The van der Waals surface area contributed by atoms with Crippen LogP contribution >= 0.6 is 11.3 Å². The number of amides is 1. The zero-order valence-corrected chi connectivity index (χ0v) is 13.4. The summed E-state index contributed by atoms with van der Waals surface area (Å²) in [5, 5.41) is 4.96. The van der Waals surface area contributed by atoms with E-state index in [1.54, 1.807) is 12.1 Å². The molecule has 0 fully saturated rings. The monoisotopic (exact) mass is 326 g/mol. The molecule has 116 valence electrons. The van der Waals surface area contributed by atoms with Gasteiger partial charge in [0.1, 0.15) is 5.82 Å². The highest BCUT2D eigenvalue weighted by molar-refractivity contribution is 7.14. The van der Waals surface area contributed by atoms with Gasteiger partial charge < -0.3 is 0 Å². The number of thiazole rings is 1. The molecule has 0 aliphatic rings. The van der Waals surface area contributed by atoms with E-state index in [4.69, 9.17) is 0 Å². The summed E-state index contributed by atoms with van der Waals surface area (Å²) in [5.41, 5.74) is 3.06. The summed E-state index contributed by atoms with van der Waals surface area (Å²) >= 11 is 1.32. The minimum atomic E-state index is -0.545. The molecule has 0 radical (unpaired) electrons. The number of aromatic nitrogens is 1. The Labute approximate surface area is 137 Å². The highest BCUT2D eigenvalue weighted by Gasteiger charge is 2.13. The van der Waals surface area contributed by atoms with Crippen LogP contribution in [0.5, 0.6) is 0 Å². The molecule has 3 nitrogen and oxygen atoms in total. The van der Waals surface area contributed by atoms with E-state index in [1.807, 2.05) is 17.5 Å². The van der Waals surface area contributed by atoms with Gasteiger partial charge >= 0.3 is 0 Å². The van der Waals surface area contributed by atoms with Crippen LogP contribution in [0.3, 0.4) is 0 Å². The summed E-state index contributed by atoms with van der Waals surface area (Å²) in [6, 6.07) is 14.0. The third kappa shape index (κ3) is 3.46. The van der Waals surface area contributed by atoms with E-state index in [-0.39, 0.29) is 5.56 Å². The van der Waals surface area contributed by atoms with E-state index < -0.39 is 11.7 Å². The second-order valence-electron chi connectivity index (χ2n) is 5.02. The number of hydrogen-bond acceptors (Lipinski definition) is 3. The van der Waals surface area contributed by atoms with Gasteiger partial charge in [0.25, 0.3) is 5.91 Å². The van der Waals surface area contributed by atoms with Gasteiger partial charge in [0.15, 0.2) is 5.13 Å². The van der Waals surface area contributed by atoms with Crippen molar-refractivity contribution in [3.63, 3.8) is 0 Å². The molecule has 3 rings (SSSR count). The van der Waals surface area contributed by atoms with Gasteiger partial charge in [-0.25, -0.2) is 9.37 Å². The molecule has 5 heteroatoms. The maximum Gasteiger partial charge on any atom is 0.260 e. The molecule has 0 saturated heterocycles. The van der Waals surface area contributed by atoms with Crippen molar-refractivity contribution in [2.24, 2.45) is 0 Å². The Morgan fingerprint density at radius 1 is 1.17 bits per heavy atom. The molecule has 0 aliphatic carbocycles. The van der Waals surface area contributed by atoms with Crippen molar-refractivity contribution in [2.75, 3.05) is 5.32 Å². The number of nitrogens with one attached hydrogen (secondary N) is 1. The first-order chi connectivity index (χ1) is 11.2. The minimum Gasteiger partial charge on any atom is -0.298 e. The predicted molar refractivity (Wildman–Crippen MR) is 91.3 cm³/mol. The molecule has 1 N–H and O–H groups in total. The molecule has 2 aromatic carbocycles. The minimum absolute atomic E-state index is 0.0107. The van der Waals surface area contributed by atoms with Gasteiger partial charge in [0.05, 0.1) is 11.3 Å². The van der Waals surface area contributed by atoms with Crippen molar-refractivity contribution in [3.8, 4) is 11.3 Å². The Hall–Kier alpha value is -2.53. The summed E-state index contributed by atoms with van der Waals surface area (Å²) in [6.07, 6.45) is 0.987. The van der Waals surface area contributed by atoms with Crippen LogP contribution in [0.2, 0.25) is 0 Å². The van der Waals surface area contributed by atoms with Gasteiger partial charge in [-0.05, 0) is 24.1 Å². The lowest BCUT2D eigenvalue weighted by Gasteiger charge is -2.02. The second-order valence-corrected chi connectivity index (χ2v) is 5.88. The molecule has 0 saturated carbocycles. The number of hydrogen-bond donors (Lipinski definition) is 1. The summed E-state index contributed by atoms with van der Waals surface area (Å²) in [7, 11) is 0. The van der Waals surface area contributed by atoms with Gasteiger partial charge in [-0.3, -0.25) is 10.1 Å². The van der Waals surface area contributed by atoms with Crippen molar-refractivity contribution < 1.29 is 9.18 Å². The Balaban J connectivity index is 1.76. The van der Waals surface area contributed by atoms with Gasteiger partial charge in [0.2, 0.25) is 0 Å². The van der Waals surface area contributed by atoms with Crippen molar-refractivity contribution in [1.29, 1.82) is 0 Å². The average Bonchev–Trinajstić information content (AvgIpc) is 3.03. The highest BCUT2D eigenvalue weighted by atomic mass is 32.1. The molecule has 0 aliphatic heterocycles. The molecular weight excluding hydrogens is 311 g/mol. The third-order valence-corrected chi connectivity index (χ3v) is 4.26. The van der Waals surface area contributed by atoms with Crippen LogP contribution in [0.4, 0.5) is 9.52 Å². The molecule has 0 bridgehead atoms. The van der Waals surface area contributed by atoms with E-state index in [9.17, 15) is 9.18 Å². The lowest BCUT2D eigenvalue weighted by Crippen LogP contribution is -2.13. The van der Waals surface area contributed by atoms with E-state index >= 15 is 0 Å². The summed E-state index contributed by atoms with van der Waals surface area (Å²) < 4.78 is 13.6. The predicted octanol–water partition coefficient (Wildman–Crippen LogP) is 4.76. The second kappa shape index (κ2) is 6.71. The number of nitrogens with zero attached hydrogens (tertiary/aromatic N) is 1. The van der Waals surface area contributed by atoms with Crippen LogP contribution in [0.15, 0.2) is 53.9 Å². The Bertz CT molecular complexity index is 827. The smallest absolute Gasteiger partial charge is 0.260 e. The van der Waals surface area contributed by atoms with Gasteiger partial charge in [-0.2, -0.15) is 0 Å². The van der Waals surface area contributed by atoms with E-state index in [0.717, 1.165) is 17.7 Å². The molecule has 1 aromatic heterocycles. The number of carbonyl (C=O) groups excluding carboxylic acids is 1. The molecule has 23 heavy (non-hydrogen) atoms. The van der Waals surface area contributed by atoms with Gasteiger partial charge in [-0.15, -0.1) is 11.3 Å². The largest absolute Gasteiger partial charge is 0.298 e. The SMILES string of the molecule is CCc1ccc(-c2csc(NC(=O)c3ccccc3F)n2)cc1. The number of halogens is 1. The molecule has 1 heterocycles. The van der Waals surface area contributed by atoms with E-state index in [2.05, 4.69) is 29.4 Å². The van der Waals surface area contributed by atoms with E-state index in [1.165, 1.54) is 29.0 Å². The van der Waals surface area contributed by atoms with Crippen molar-refractivity contribution in [3.05, 3.63) is 70.9 Å². The third-order valence-electron chi connectivity index (χ3n) is 3.50. The maximum atomic E-state index is 13.6. The molecule has 0 spiro atoms. The Morgan fingerprint density at radius 3 is 2.61 bits per heavy atom. The van der Waals surface area contributed by atoms with Crippen LogP contribution in [0, 0.1) is 5.82 Å². The van der Waals surface area contributed by atoms with Gasteiger partial charge in [-0.1, -0.05) is 43.3 Å². The number of carbonyl (C=O) groups is 1. The first kappa shape index (κ1) is 15.4. The van der Waals surface area contributed by atoms with Crippen LogP contribution in [-0.4, -0.2) is 10.9 Å². The number of benzene rings is 2. The lowest BCUT2D eigenvalue weighted by molar-refractivity contribution is 0.102. The Morgan fingerprint density at radius 2 is 1.91 bits per heavy atom. The summed E-state index contributed by atoms with van der Waals surface area (Å²) in [4.78, 5) is 16.5. The number of anilines is 1. The van der Waals surface area contributed by atoms with Crippen LogP contribution in [0.1, 0.15) is 22.8 Å². The molecule has 0 atom stereocenters. The molecule has 0 unspecified atom stereocenters. The number of rotatable bonds is 4. The lowest BCUT2D eigenvalue weighted by atomic mass is 10.1. The van der Waals surface area contributed by atoms with Crippen LogP contribution < -0.4 is 5.32 Å². The van der Waals surface area contributed by atoms with Crippen molar-refractivity contribution in [1.82, 2.24) is 4.98 Å². The van der Waals surface area contributed by atoms with E-state index in [0.29, 0.717) is 5.13 Å². The highest BCUT2D eigenvalue weighted by Crippen LogP contribution is 2.25. The average molecular weight is 326 g/mol. The van der Waals surface area contributed by atoms with Crippen molar-refractivity contribution in [2.45, 2.75) is 13.3 Å². The summed E-state index contributed by atoms with van der Waals surface area (Å²) in [5.74, 6) is -1.04. The fraction of sp³-hybridized carbons (Fsp3) is 0.111. The standard InChI is InChI=1S/C18H15FN2OS/c1-2-12-7-9-13(10-8-12)16-11-23-18(20-16)21-17(22)14-5-3-4-6-15(14)19/h3-11H,2H2,1H3,(H,20,21,22). The van der Waals surface area contributed by atoms with Gasteiger partial charge in [0, 0.05) is 10.9 Å². The summed E-state index contributed by atoms with van der Waals surface area (Å²) in [6.45, 7) is 2.11. The maximum absolute atomic E-state index is 13.6. The van der Waals surface area contributed by atoms with Crippen molar-refractivity contribution >= 4 is 22.4 Å².